The molecule has 0 radical (unpaired) electrons. The Kier molecular flexibility index (Phi) is 7.44. The molecule has 0 bridgehead atoms. The van der Waals surface area contributed by atoms with E-state index in [0.717, 1.165) is 36.6 Å². The highest BCUT2D eigenvalue weighted by Crippen LogP contribution is 2.29. The minimum Gasteiger partial charge on any atom is -0.367 e. The number of thioether (sulfide) groups is 1. The van der Waals surface area contributed by atoms with E-state index >= 15 is 0 Å². The molecule has 0 atom stereocenters. The average molecular weight is 471 g/mol. The van der Waals surface area contributed by atoms with E-state index in [1.165, 1.54) is 16.8 Å². The Bertz CT molecular complexity index is 1060. The molecule has 6 heteroatoms. The minimum absolute atomic E-state index is 0.0387. The topological polar surface area (TPSA) is 32.3 Å². The van der Waals surface area contributed by atoms with Crippen LogP contribution in [0, 0.1) is 0 Å². The summed E-state index contributed by atoms with van der Waals surface area (Å²) in [5.41, 5.74) is 5.69. The lowest BCUT2D eigenvalue weighted by atomic mass is 10.1. The molecule has 1 heterocycles. The second-order valence-corrected chi connectivity index (χ2v) is 9.49. The van der Waals surface area contributed by atoms with Gasteiger partial charge in [0.15, 0.2) is 0 Å². The predicted octanol–water partition coefficient (Wildman–Crippen LogP) is 6.22. The summed E-state index contributed by atoms with van der Waals surface area (Å²) in [6.07, 6.45) is 1.10. The molecule has 0 unspecified atom stereocenters. The highest BCUT2D eigenvalue weighted by Gasteiger charge is 2.18. The van der Waals surface area contributed by atoms with Crippen molar-refractivity contribution in [2.75, 3.05) is 23.7 Å². The first-order valence-electron chi connectivity index (χ1n) is 10.3. The second-order valence-electron chi connectivity index (χ2n) is 7.54. The van der Waals surface area contributed by atoms with Crippen molar-refractivity contribution >= 4 is 46.6 Å². The molecule has 0 spiro atoms. The standard InChI is InChI=1S/C25H24Cl2N2OS/c26-22-10-9-21(23(27)15-22)17-31-14-12-28-25(30)20-7-5-18(6-8-20)16-29-13-11-19-3-1-2-4-24(19)29/h1-10,15H,11-14,16-17H2,(H,28,30). The quantitative estimate of drug-likeness (QED) is 0.396. The van der Waals surface area contributed by atoms with E-state index in [2.05, 4.69) is 34.5 Å². The third-order valence-electron chi connectivity index (χ3n) is 5.38. The number of benzene rings is 3. The van der Waals surface area contributed by atoms with Crippen molar-refractivity contribution in [2.45, 2.75) is 18.7 Å². The van der Waals surface area contributed by atoms with Crippen LogP contribution in [0.3, 0.4) is 0 Å². The fraction of sp³-hybridized carbons (Fsp3) is 0.240. The van der Waals surface area contributed by atoms with Gasteiger partial charge in [0.05, 0.1) is 0 Å². The molecule has 4 rings (SSSR count). The maximum atomic E-state index is 12.4. The van der Waals surface area contributed by atoms with Crippen LogP contribution in [-0.4, -0.2) is 24.7 Å². The molecule has 1 amide bonds. The zero-order chi connectivity index (χ0) is 21.6. The van der Waals surface area contributed by atoms with Gasteiger partial charge < -0.3 is 10.2 Å². The largest absolute Gasteiger partial charge is 0.367 e. The number of carbonyl (C=O) groups excluding carboxylic acids is 1. The molecule has 1 aliphatic heterocycles. The number of hydrogen-bond acceptors (Lipinski definition) is 3. The van der Waals surface area contributed by atoms with Gasteiger partial charge >= 0.3 is 0 Å². The van der Waals surface area contributed by atoms with Crippen LogP contribution in [0.5, 0.6) is 0 Å². The number of halogens is 2. The number of carbonyl (C=O) groups is 1. The Labute approximate surface area is 197 Å². The van der Waals surface area contributed by atoms with Gasteiger partial charge in [0.2, 0.25) is 0 Å². The van der Waals surface area contributed by atoms with Gasteiger partial charge in [0.1, 0.15) is 0 Å². The van der Waals surface area contributed by atoms with E-state index < -0.39 is 0 Å². The van der Waals surface area contributed by atoms with Crippen LogP contribution in [0.1, 0.15) is 27.0 Å². The molecule has 3 aromatic rings. The van der Waals surface area contributed by atoms with Gasteiger partial charge in [0, 0.05) is 52.4 Å². The van der Waals surface area contributed by atoms with Crippen LogP contribution < -0.4 is 10.2 Å². The monoisotopic (exact) mass is 470 g/mol. The zero-order valence-corrected chi connectivity index (χ0v) is 19.4. The van der Waals surface area contributed by atoms with Crippen LogP contribution in [-0.2, 0) is 18.7 Å². The fourth-order valence-corrected chi connectivity index (χ4v) is 5.13. The SMILES string of the molecule is O=C(NCCSCc1ccc(Cl)cc1Cl)c1ccc(CN2CCc3ccccc32)cc1. The van der Waals surface area contributed by atoms with Gasteiger partial charge in [-0.05, 0) is 53.4 Å². The zero-order valence-electron chi connectivity index (χ0n) is 17.1. The highest BCUT2D eigenvalue weighted by atomic mass is 35.5. The molecule has 0 saturated carbocycles. The summed E-state index contributed by atoms with van der Waals surface area (Å²) in [6.45, 7) is 2.52. The number of para-hydroxylation sites is 1. The predicted molar refractivity (Wildman–Crippen MR) is 133 cm³/mol. The van der Waals surface area contributed by atoms with Crippen LogP contribution in [0.15, 0.2) is 66.7 Å². The summed E-state index contributed by atoms with van der Waals surface area (Å²) in [5.74, 6) is 1.57. The molecule has 1 N–H and O–H groups in total. The fourth-order valence-electron chi connectivity index (χ4n) is 3.71. The lowest BCUT2D eigenvalue weighted by Crippen LogP contribution is -2.25. The van der Waals surface area contributed by atoms with E-state index in [9.17, 15) is 4.79 Å². The molecule has 160 valence electrons. The summed E-state index contributed by atoms with van der Waals surface area (Å²) in [7, 11) is 0. The first-order valence-corrected chi connectivity index (χ1v) is 12.2. The van der Waals surface area contributed by atoms with Crippen molar-refractivity contribution < 1.29 is 4.79 Å². The van der Waals surface area contributed by atoms with Gasteiger partial charge in [-0.3, -0.25) is 4.79 Å². The van der Waals surface area contributed by atoms with Crippen LogP contribution in [0.25, 0.3) is 0 Å². The summed E-state index contributed by atoms with van der Waals surface area (Å²) in [4.78, 5) is 14.8. The number of hydrogen-bond donors (Lipinski definition) is 1. The van der Waals surface area contributed by atoms with Crippen LogP contribution >= 0.6 is 35.0 Å². The second kappa shape index (κ2) is 10.4. The Morgan fingerprint density at radius 3 is 2.65 bits per heavy atom. The number of rotatable bonds is 8. The van der Waals surface area contributed by atoms with E-state index in [1.54, 1.807) is 17.8 Å². The van der Waals surface area contributed by atoms with E-state index in [1.807, 2.05) is 36.4 Å². The molecule has 0 fully saturated rings. The third-order valence-corrected chi connectivity index (χ3v) is 6.97. The molecule has 0 aliphatic carbocycles. The van der Waals surface area contributed by atoms with Crippen molar-refractivity contribution in [3.05, 3.63) is 99.0 Å². The van der Waals surface area contributed by atoms with Crippen molar-refractivity contribution in [3.8, 4) is 0 Å². The Morgan fingerprint density at radius 2 is 1.84 bits per heavy atom. The normalized spacial score (nSPS) is 12.6. The van der Waals surface area contributed by atoms with Crippen LogP contribution in [0.4, 0.5) is 5.69 Å². The number of anilines is 1. The minimum atomic E-state index is -0.0387. The number of nitrogens with one attached hydrogen (secondary N) is 1. The smallest absolute Gasteiger partial charge is 0.251 e. The van der Waals surface area contributed by atoms with Gasteiger partial charge in [-0.1, -0.05) is 59.6 Å². The van der Waals surface area contributed by atoms with Crippen molar-refractivity contribution in [1.29, 1.82) is 0 Å². The van der Waals surface area contributed by atoms with Gasteiger partial charge in [0.25, 0.3) is 5.91 Å². The molecular formula is C25H24Cl2N2OS. The van der Waals surface area contributed by atoms with Crippen molar-refractivity contribution in [2.24, 2.45) is 0 Å². The van der Waals surface area contributed by atoms with Gasteiger partial charge in [-0.15, -0.1) is 0 Å². The maximum Gasteiger partial charge on any atom is 0.251 e. The summed E-state index contributed by atoms with van der Waals surface area (Å²) >= 11 is 13.8. The van der Waals surface area contributed by atoms with Crippen molar-refractivity contribution in [3.63, 3.8) is 0 Å². The molecule has 0 saturated heterocycles. The molecular weight excluding hydrogens is 447 g/mol. The molecule has 31 heavy (non-hydrogen) atoms. The first-order chi connectivity index (χ1) is 15.1. The Hall–Kier alpha value is -2.14. The highest BCUT2D eigenvalue weighted by molar-refractivity contribution is 7.98. The Morgan fingerprint density at radius 1 is 1.03 bits per heavy atom. The van der Waals surface area contributed by atoms with E-state index in [-0.39, 0.29) is 5.91 Å². The number of nitrogens with zero attached hydrogens (tertiary/aromatic N) is 1. The summed E-state index contributed by atoms with van der Waals surface area (Å²) in [5, 5.41) is 4.31. The molecule has 1 aliphatic rings. The maximum absolute atomic E-state index is 12.4. The van der Waals surface area contributed by atoms with E-state index in [4.69, 9.17) is 23.2 Å². The summed E-state index contributed by atoms with van der Waals surface area (Å²) < 4.78 is 0. The van der Waals surface area contributed by atoms with Gasteiger partial charge in [-0.2, -0.15) is 11.8 Å². The van der Waals surface area contributed by atoms with E-state index in [0.29, 0.717) is 22.2 Å². The molecule has 0 aromatic heterocycles. The van der Waals surface area contributed by atoms with Crippen molar-refractivity contribution in [1.82, 2.24) is 5.32 Å². The lowest BCUT2D eigenvalue weighted by molar-refractivity contribution is 0.0956. The average Bonchev–Trinajstić information content (AvgIpc) is 3.18. The first kappa shape index (κ1) is 22.1. The summed E-state index contributed by atoms with van der Waals surface area (Å²) in [6, 6.07) is 22.0. The molecule has 3 aromatic carbocycles. The van der Waals surface area contributed by atoms with Crippen LogP contribution in [0.2, 0.25) is 10.0 Å². The molecule has 3 nitrogen and oxygen atoms in total. The number of amides is 1. The third kappa shape index (κ3) is 5.76. The Balaban J connectivity index is 1.21. The van der Waals surface area contributed by atoms with Gasteiger partial charge in [-0.25, -0.2) is 0 Å². The lowest BCUT2D eigenvalue weighted by Gasteiger charge is -2.19. The number of fused-ring (bicyclic) bond motifs is 1.